The molecule has 7 heteroatoms. The van der Waals surface area contributed by atoms with E-state index in [0.717, 1.165) is 5.69 Å². The van der Waals surface area contributed by atoms with E-state index in [1.807, 2.05) is 18.2 Å². The Balaban J connectivity index is 1.72. The van der Waals surface area contributed by atoms with Gasteiger partial charge in [0.1, 0.15) is 5.82 Å². The van der Waals surface area contributed by atoms with E-state index in [2.05, 4.69) is 20.6 Å². The summed E-state index contributed by atoms with van der Waals surface area (Å²) in [5.74, 6) is -0.216. The normalized spacial score (nSPS) is 10.2. The summed E-state index contributed by atoms with van der Waals surface area (Å²) in [5.41, 5.74) is 2.17. The van der Waals surface area contributed by atoms with Crippen LogP contribution in [0.25, 0.3) is 0 Å². The maximum absolute atomic E-state index is 12.4. The van der Waals surface area contributed by atoms with Gasteiger partial charge in [0.15, 0.2) is 0 Å². The molecule has 0 fully saturated rings. The van der Waals surface area contributed by atoms with Crippen LogP contribution in [-0.2, 0) is 11.3 Å². The van der Waals surface area contributed by atoms with Crippen LogP contribution in [0, 0.1) is 0 Å². The van der Waals surface area contributed by atoms with Gasteiger partial charge in [-0.15, -0.1) is 0 Å². The van der Waals surface area contributed by atoms with Crippen molar-refractivity contribution in [1.29, 1.82) is 0 Å². The number of benzene rings is 1. The number of hydrogen-bond donors (Lipinski definition) is 2. The van der Waals surface area contributed by atoms with E-state index in [-0.39, 0.29) is 12.5 Å². The van der Waals surface area contributed by atoms with Crippen molar-refractivity contribution < 1.29 is 14.3 Å². The molecule has 3 aromatic rings. The van der Waals surface area contributed by atoms with Gasteiger partial charge in [0.2, 0.25) is 0 Å². The number of ether oxygens (including phenoxy) is 1. The van der Waals surface area contributed by atoms with Gasteiger partial charge in [-0.2, -0.15) is 0 Å². The largest absolute Gasteiger partial charge is 0.462 e. The fourth-order valence-corrected chi connectivity index (χ4v) is 2.53. The van der Waals surface area contributed by atoms with Crippen LogP contribution in [0.2, 0.25) is 0 Å². The quantitative estimate of drug-likeness (QED) is 0.615. The molecule has 1 amide bonds. The molecule has 2 N–H and O–H groups in total. The van der Waals surface area contributed by atoms with Gasteiger partial charge in [-0.1, -0.05) is 18.2 Å². The highest BCUT2D eigenvalue weighted by Crippen LogP contribution is 2.21. The van der Waals surface area contributed by atoms with Crippen LogP contribution in [-0.4, -0.2) is 28.5 Å². The second-order valence-corrected chi connectivity index (χ2v) is 5.82. The zero-order valence-electron chi connectivity index (χ0n) is 15.4. The van der Waals surface area contributed by atoms with Gasteiger partial charge >= 0.3 is 5.97 Å². The molecular weight excluding hydrogens is 356 g/mol. The molecule has 1 aromatic carbocycles. The molecule has 0 radical (unpaired) electrons. The predicted octanol–water partition coefficient (Wildman–Crippen LogP) is 3.33. The summed E-state index contributed by atoms with van der Waals surface area (Å²) in [6.45, 7) is 2.37. The molecule has 0 aliphatic rings. The third kappa shape index (κ3) is 4.91. The molecule has 0 atom stereocenters. The molecule has 7 nitrogen and oxygen atoms in total. The fourth-order valence-electron chi connectivity index (χ4n) is 2.53. The standard InChI is InChI=1S/C21H20N4O3/c1-2-28-21(27)17-8-3-4-9-18(17)25-19-13-15(10-12-23-19)20(26)24-14-16-7-5-6-11-22-16/h3-13H,2,14H2,1H3,(H,23,25)(H,24,26). The lowest BCUT2D eigenvalue weighted by Gasteiger charge is -2.11. The van der Waals surface area contributed by atoms with Gasteiger partial charge in [0, 0.05) is 18.0 Å². The van der Waals surface area contributed by atoms with E-state index in [1.54, 1.807) is 49.5 Å². The summed E-state index contributed by atoms with van der Waals surface area (Å²) >= 11 is 0. The van der Waals surface area contributed by atoms with Gasteiger partial charge in [-0.3, -0.25) is 9.78 Å². The van der Waals surface area contributed by atoms with Crippen LogP contribution >= 0.6 is 0 Å². The number of carbonyl (C=O) groups is 2. The number of aromatic nitrogens is 2. The van der Waals surface area contributed by atoms with E-state index in [0.29, 0.717) is 29.2 Å². The third-order valence-corrected chi connectivity index (χ3v) is 3.86. The van der Waals surface area contributed by atoms with Crippen LogP contribution in [0.4, 0.5) is 11.5 Å². The first-order valence-electron chi connectivity index (χ1n) is 8.84. The van der Waals surface area contributed by atoms with Gasteiger partial charge in [0.05, 0.1) is 30.1 Å². The summed E-state index contributed by atoms with van der Waals surface area (Å²) in [6.07, 6.45) is 3.21. The molecule has 28 heavy (non-hydrogen) atoms. The molecule has 0 bridgehead atoms. The second kappa shape index (κ2) is 9.27. The predicted molar refractivity (Wildman–Crippen MR) is 105 cm³/mol. The number of nitrogens with one attached hydrogen (secondary N) is 2. The van der Waals surface area contributed by atoms with Crippen molar-refractivity contribution in [1.82, 2.24) is 15.3 Å². The van der Waals surface area contributed by atoms with E-state index < -0.39 is 5.97 Å². The van der Waals surface area contributed by atoms with Crippen molar-refractivity contribution in [2.75, 3.05) is 11.9 Å². The van der Waals surface area contributed by atoms with Gasteiger partial charge in [-0.25, -0.2) is 9.78 Å². The number of anilines is 2. The number of esters is 1. The lowest BCUT2D eigenvalue weighted by atomic mass is 10.1. The van der Waals surface area contributed by atoms with Crippen molar-refractivity contribution >= 4 is 23.4 Å². The van der Waals surface area contributed by atoms with E-state index >= 15 is 0 Å². The molecule has 2 heterocycles. The van der Waals surface area contributed by atoms with Crippen molar-refractivity contribution in [3.63, 3.8) is 0 Å². The molecule has 2 aromatic heterocycles. The molecule has 0 unspecified atom stereocenters. The van der Waals surface area contributed by atoms with Crippen molar-refractivity contribution in [3.8, 4) is 0 Å². The van der Waals surface area contributed by atoms with Gasteiger partial charge < -0.3 is 15.4 Å². The Labute approximate surface area is 162 Å². The fraction of sp³-hybridized carbons (Fsp3) is 0.143. The molecule has 0 aliphatic heterocycles. The Morgan fingerprint density at radius 1 is 1.00 bits per heavy atom. The average Bonchev–Trinajstić information content (AvgIpc) is 2.73. The molecule has 0 saturated carbocycles. The highest BCUT2D eigenvalue weighted by Gasteiger charge is 2.13. The van der Waals surface area contributed by atoms with E-state index in [1.165, 1.54) is 6.20 Å². The lowest BCUT2D eigenvalue weighted by molar-refractivity contribution is 0.0527. The molecule has 0 saturated heterocycles. The number of nitrogens with zero attached hydrogens (tertiary/aromatic N) is 2. The third-order valence-electron chi connectivity index (χ3n) is 3.86. The van der Waals surface area contributed by atoms with Crippen LogP contribution in [0.15, 0.2) is 67.0 Å². The van der Waals surface area contributed by atoms with E-state index in [4.69, 9.17) is 4.74 Å². The monoisotopic (exact) mass is 376 g/mol. The molecule has 0 spiro atoms. The van der Waals surface area contributed by atoms with E-state index in [9.17, 15) is 9.59 Å². The molecule has 142 valence electrons. The minimum atomic E-state index is -0.421. The van der Waals surface area contributed by atoms with Crippen molar-refractivity contribution in [2.24, 2.45) is 0 Å². The molecule has 0 aliphatic carbocycles. The maximum atomic E-state index is 12.4. The first-order chi connectivity index (χ1) is 13.7. The van der Waals surface area contributed by atoms with Crippen LogP contribution in [0.3, 0.4) is 0 Å². The SMILES string of the molecule is CCOC(=O)c1ccccc1Nc1cc(C(=O)NCc2ccccn2)ccn1. The summed E-state index contributed by atoms with van der Waals surface area (Å²) in [6, 6.07) is 15.7. The summed E-state index contributed by atoms with van der Waals surface area (Å²) in [7, 11) is 0. The zero-order chi connectivity index (χ0) is 19.8. The first kappa shape index (κ1) is 19.0. The minimum Gasteiger partial charge on any atom is -0.462 e. The number of amides is 1. The Kier molecular flexibility index (Phi) is 6.30. The molecular formula is C21H20N4O3. The topological polar surface area (TPSA) is 93.2 Å². The van der Waals surface area contributed by atoms with Crippen LogP contribution < -0.4 is 10.6 Å². The Bertz CT molecular complexity index is 961. The molecule has 3 rings (SSSR count). The first-order valence-corrected chi connectivity index (χ1v) is 8.84. The highest BCUT2D eigenvalue weighted by molar-refractivity contribution is 5.97. The smallest absolute Gasteiger partial charge is 0.340 e. The number of rotatable bonds is 7. The lowest BCUT2D eigenvalue weighted by Crippen LogP contribution is -2.23. The highest BCUT2D eigenvalue weighted by atomic mass is 16.5. The summed E-state index contributed by atoms with van der Waals surface area (Å²) in [5, 5.41) is 5.90. The number of pyridine rings is 2. The average molecular weight is 376 g/mol. The second-order valence-electron chi connectivity index (χ2n) is 5.82. The number of para-hydroxylation sites is 1. The maximum Gasteiger partial charge on any atom is 0.340 e. The Morgan fingerprint density at radius 3 is 2.61 bits per heavy atom. The van der Waals surface area contributed by atoms with Crippen molar-refractivity contribution in [3.05, 3.63) is 83.8 Å². The Morgan fingerprint density at radius 2 is 1.82 bits per heavy atom. The van der Waals surface area contributed by atoms with Gasteiger partial charge in [-0.05, 0) is 43.3 Å². The number of hydrogen-bond acceptors (Lipinski definition) is 6. The van der Waals surface area contributed by atoms with Gasteiger partial charge in [0.25, 0.3) is 5.91 Å². The number of carbonyl (C=O) groups excluding carboxylic acids is 2. The van der Waals surface area contributed by atoms with Crippen LogP contribution in [0.1, 0.15) is 33.3 Å². The minimum absolute atomic E-state index is 0.241. The summed E-state index contributed by atoms with van der Waals surface area (Å²) in [4.78, 5) is 32.9. The zero-order valence-corrected chi connectivity index (χ0v) is 15.4. The van der Waals surface area contributed by atoms with Crippen molar-refractivity contribution in [2.45, 2.75) is 13.5 Å². The van der Waals surface area contributed by atoms with Crippen LogP contribution in [0.5, 0.6) is 0 Å². The Hall–Kier alpha value is -3.74. The summed E-state index contributed by atoms with van der Waals surface area (Å²) < 4.78 is 5.07.